The molecule has 6 heteroatoms. The van der Waals surface area contributed by atoms with E-state index in [-0.39, 0.29) is 23.0 Å². The average Bonchev–Trinajstić information content (AvgIpc) is 2.12. The predicted octanol–water partition coefficient (Wildman–Crippen LogP) is 2.78. The Morgan fingerprint density at radius 2 is 1.75 bits per heavy atom. The molecule has 0 unspecified atom stereocenters. The molecular weight excluding hydrogens is 257 g/mol. The second-order valence-electron chi connectivity index (χ2n) is 3.32. The van der Waals surface area contributed by atoms with E-state index >= 15 is 0 Å². The molecule has 16 heavy (non-hydrogen) atoms. The molecule has 0 radical (unpaired) electrons. The molecule has 4 N–H and O–H groups in total. The summed E-state index contributed by atoms with van der Waals surface area (Å²) in [4.78, 5) is 0. The molecule has 1 rings (SSSR count). The Morgan fingerprint density at radius 1 is 1.25 bits per heavy atom. The number of benzene rings is 1. The van der Waals surface area contributed by atoms with Gasteiger partial charge in [-0.1, -0.05) is 11.6 Å². The van der Waals surface area contributed by atoms with Crippen molar-refractivity contribution in [3.8, 4) is 0 Å². The van der Waals surface area contributed by atoms with Gasteiger partial charge >= 0.3 is 0 Å². The van der Waals surface area contributed by atoms with Crippen molar-refractivity contribution < 1.29 is 8.78 Å². The first-order chi connectivity index (χ1) is 7.06. The van der Waals surface area contributed by atoms with Gasteiger partial charge in [0.05, 0.1) is 0 Å². The smallest absolute Gasteiger partial charge is 0.132 e. The van der Waals surface area contributed by atoms with Crippen LogP contribution in [0.1, 0.15) is 24.4 Å². The fourth-order valence-electron chi connectivity index (χ4n) is 1.39. The Balaban J connectivity index is 0.00000225. The van der Waals surface area contributed by atoms with E-state index in [1.807, 2.05) is 0 Å². The molecule has 0 saturated carbocycles. The molecule has 0 aliphatic carbocycles. The van der Waals surface area contributed by atoms with Gasteiger partial charge in [0.1, 0.15) is 11.6 Å². The van der Waals surface area contributed by atoms with Crippen molar-refractivity contribution in [2.75, 3.05) is 6.54 Å². The third-order valence-electron chi connectivity index (χ3n) is 2.13. The van der Waals surface area contributed by atoms with Crippen LogP contribution in [0.2, 0.25) is 5.02 Å². The molecule has 1 aromatic carbocycles. The maximum absolute atomic E-state index is 13.4. The maximum Gasteiger partial charge on any atom is 0.132 e. The van der Waals surface area contributed by atoms with Gasteiger partial charge in [-0.25, -0.2) is 8.78 Å². The van der Waals surface area contributed by atoms with E-state index in [4.69, 9.17) is 23.1 Å². The van der Waals surface area contributed by atoms with Crippen LogP contribution >= 0.6 is 24.0 Å². The van der Waals surface area contributed by atoms with Gasteiger partial charge in [-0.2, -0.15) is 0 Å². The van der Waals surface area contributed by atoms with Gasteiger partial charge in [0.25, 0.3) is 0 Å². The topological polar surface area (TPSA) is 52.0 Å². The zero-order valence-corrected chi connectivity index (χ0v) is 10.1. The fraction of sp³-hybridized carbons (Fsp3) is 0.400. The van der Waals surface area contributed by atoms with Crippen LogP contribution in [0.25, 0.3) is 0 Å². The highest BCUT2D eigenvalue weighted by Gasteiger charge is 2.17. The monoisotopic (exact) mass is 270 g/mol. The molecular formula is C10H14Cl2F2N2. The quantitative estimate of drug-likeness (QED) is 0.884. The molecule has 0 heterocycles. The summed E-state index contributed by atoms with van der Waals surface area (Å²) < 4.78 is 26.7. The van der Waals surface area contributed by atoms with E-state index < -0.39 is 17.7 Å². The van der Waals surface area contributed by atoms with Crippen molar-refractivity contribution in [2.24, 2.45) is 11.5 Å². The average molecular weight is 271 g/mol. The van der Waals surface area contributed by atoms with Crippen LogP contribution < -0.4 is 11.5 Å². The van der Waals surface area contributed by atoms with Crippen LogP contribution in [0.5, 0.6) is 0 Å². The molecule has 92 valence electrons. The van der Waals surface area contributed by atoms with Crippen molar-refractivity contribution in [1.29, 1.82) is 0 Å². The molecule has 0 aliphatic heterocycles. The fourth-order valence-corrected chi connectivity index (χ4v) is 1.58. The van der Waals surface area contributed by atoms with Crippen LogP contribution in [-0.2, 0) is 0 Å². The highest BCUT2D eigenvalue weighted by Crippen LogP contribution is 2.25. The first-order valence-electron chi connectivity index (χ1n) is 4.66. The van der Waals surface area contributed by atoms with E-state index in [0.29, 0.717) is 19.4 Å². The summed E-state index contributed by atoms with van der Waals surface area (Å²) in [6.07, 6.45) is 1.08. The lowest BCUT2D eigenvalue weighted by Gasteiger charge is -2.13. The Bertz CT molecular complexity index is 325. The Morgan fingerprint density at radius 3 is 2.19 bits per heavy atom. The van der Waals surface area contributed by atoms with Gasteiger partial charge < -0.3 is 11.5 Å². The van der Waals surface area contributed by atoms with Crippen molar-refractivity contribution in [3.05, 3.63) is 34.4 Å². The summed E-state index contributed by atoms with van der Waals surface area (Å²) in [5.74, 6) is -1.41. The summed E-state index contributed by atoms with van der Waals surface area (Å²) in [5, 5.41) is 0.0276. The van der Waals surface area contributed by atoms with Gasteiger partial charge in [0, 0.05) is 16.6 Å². The molecule has 0 aliphatic rings. The number of nitrogens with two attached hydrogens (primary N) is 2. The summed E-state index contributed by atoms with van der Waals surface area (Å²) in [6.45, 7) is 0.449. The number of hydrogen-bond donors (Lipinski definition) is 2. The normalized spacial score (nSPS) is 12.1. The highest BCUT2D eigenvalue weighted by molar-refractivity contribution is 6.30. The van der Waals surface area contributed by atoms with E-state index in [0.717, 1.165) is 12.1 Å². The molecule has 0 spiro atoms. The molecule has 0 amide bonds. The number of halogens is 4. The van der Waals surface area contributed by atoms with Crippen LogP contribution in [0.15, 0.2) is 12.1 Å². The van der Waals surface area contributed by atoms with E-state index in [1.165, 1.54) is 0 Å². The molecule has 1 atom stereocenters. The van der Waals surface area contributed by atoms with Gasteiger partial charge in [0.2, 0.25) is 0 Å². The first-order valence-corrected chi connectivity index (χ1v) is 5.04. The molecule has 0 fully saturated rings. The zero-order chi connectivity index (χ0) is 11.4. The minimum absolute atomic E-state index is 0. The van der Waals surface area contributed by atoms with E-state index in [2.05, 4.69) is 0 Å². The zero-order valence-electron chi connectivity index (χ0n) is 8.55. The second kappa shape index (κ2) is 7.01. The minimum atomic E-state index is -0.704. The number of hydrogen-bond acceptors (Lipinski definition) is 2. The summed E-state index contributed by atoms with van der Waals surface area (Å²) in [6, 6.07) is 1.44. The van der Waals surface area contributed by atoms with Crippen molar-refractivity contribution in [2.45, 2.75) is 18.9 Å². The maximum atomic E-state index is 13.4. The van der Waals surface area contributed by atoms with E-state index in [9.17, 15) is 8.78 Å². The Kier molecular flexibility index (Phi) is 6.83. The lowest BCUT2D eigenvalue weighted by Crippen LogP contribution is -2.16. The lowest BCUT2D eigenvalue weighted by atomic mass is 10.0. The third kappa shape index (κ3) is 3.87. The largest absolute Gasteiger partial charge is 0.330 e. The Hall–Kier alpha value is -0.420. The lowest BCUT2D eigenvalue weighted by molar-refractivity contribution is 0.506. The van der Waals surface area contributed by atoms with Crippen LogP contribution in [0.3, 0.4) is 0 Å². The van der Waals surface area contributed by atoms with Gasteiger partial charge in [-0.05, 0) is 31.5 Å². The molecule has 0 aromatic heterocycles. The van der Waals surface area contributed by atoms with Gasteiger partial charge in [-0.15, -0.1) is 12.4 Å². The molecule has 0 saturated heterocycles. The first kappa shape index (κ1) is 15.6. The highest BCUT2D eigenvalue weighted by atomic mass is 35.5. The third-order valence-corrected chi connectivity index (χ3v) is 2.35. The molecule has 2 nitrogen and oxygen atoms in total. The summed E-state index contributed by atoms with van der Waals surface area (Å²) in [7, 11) is 0. The Labute approximate surface area is 104 Å². The van der Waals surface area contributed by atoms with Gasteiger partial charge in [-0.3, -0.25) is 0 Å². The van der Waals surface area contributed by atoms with Crippen LogP contribution in [-0.4, -0.2) is 6.54 Å². The standard InChI is InChI=1S/C10H13ClF2N2.ClH/c11-6-4-7(12)10(8(13)5-6)9(15)2-1-3-14;/h4-5,9H,1-3,14-15H2;1H/t9-;/m0./s1. The number of rotatable bonds is 4. The minimum Gasteiger partial charge on any atom is -0.330 e. The second-order valence-corrected chi connectivity index (χ2v) is 3.76. The summed E-state index contributed by atoms with van der Waals surface area (Å²) in [5.41, 5.74) is 10.8. The van der Waals surface area contributed by atoms with E-state index in [1.54, 1.807) is 0 Å². The van der Waals surface area contributed by atoms with Crippen molar-refractivity contribution in [1.82, 2.24) is 0 Å². The SMILES string of the molecule is Cl.NCCC[C@H](N)c1c(F)cc(Cl)cc1F. The van der Waals surface area contributed by atoms with Crippen LogP contribution in [0.4, 0.5) is 8.78 Å². The molecule has 1 aromatic rings. The van der Waals surface area contributed by atoms with Gasteiger partial charge in [0.15, 0.2) is 0 Å². The summed E-state index contributed by atoms with van der Waals surface area (Å²) >= 11 is 5.49. The van der Waals surface area contributed by atoms with Crippen molar-refractivity contribution >= 4 is 24.0 Å². The predicted molar refractivity (Wildman–Crippen MR) is 63.8 cm³/mol. The molecule has 0 bridgehead atoms. The van der Waals surface area contributed by atoms with Crippen LogP contribution in [0, 0.1) is 11.6 Å². The van der Waals surface area contributed by atoms with Crippen molar-refractivity contribution in [3.63, 3.8) is 0 Å².